The second-order valence-electron chi connectivity index (χ2n) is 6.03. The van der Waals surface area contributed by atoms with E-state index in [-0.39, 0.29) is 0 Å². The van der Waals surface area contributed by atoms with Gasteiger partial charge in [-0.05, 0) is 0 Å². The van der Waals surface area contributed by atoms with Gasteiger partial charge in [0.25, 0.3) is 0 Å². The quantitative estimate of drug-likeness (QED) is 0.217. The SMILES string of the molecule is OCC(O)C(F)(F)OC(F)(F)C(F)(F)OC(F)(F)C(F)(F)OC(F)(F)C(F)(F)OC(F)(F)C(O)CO. The normalized spacial score (nSPS) is 17.3. The van der Waals surface area contributed by atoms with Crippen LogP contribution in [-0.4, -0.2) is 94.7 Å². The second kappa shape index (κ2) is 10.4. The number of hydrogen-bond acceptors (Lipinski definition) is 8. The molecule has 24 heteroatoms. The number of aliphatic hydroxyl groups excluding tert-OH is 4. The number of aliphatic hydroxyl groups is 4. The Morgan fingerprint density at radius 3 is 0.722 bits per heavy atom. The van der Waals surface area contributed by atoms with Gasteiger partial charge in [0, 0.05) is 0 Å². The van der Waals surface area contributed by atoms with Gasteiger partial charge in [-0.2, -0.15) is 70.2 Å². The minimum Gasteiger partial charge on any atom is -0.393 e. The lowest BCUT2D eigenvalue weighted by atomic mass is 10.3. The van der Waals surface area contributed by atoms with Crippen LogP contribution in [0.5, 0.6) is 0 Å². The van der Waals surface area contributed by atoms with Gasteiger partial charge >= 0.3 is 48.9 Å². The van der Waals surface area contributed by atoms with Gasteiger partial charge in [-0.15, -0.1) is 0 Å². The van der Waals surface area contributed by atoms with Crippen LogP contribution in [0.15, 0.2) is 0 Å². The average Bonchev–Trinajstić information content (AvgIpc) is 2.62. The van der Waals surface area contributed by atoms with E-state index in [1.54, 1.807) is 0 Å². The predicted octanol–water partition coefficient (Wildman–Crippen LogP) is 2.50. The number of rotatable bonds is 15. The highest BCUT2D eigenvalue weighted by Crippen LogP contribution is 2.51. The largest absolute Gasteiger partial charge is 0.453 e. The minimum atomic E-state index is -7.62. The van der Waals surface area contributed by atoms with Crippen molar-refractivity contribution >= 4 is 0 Å². The zero-order chi connectivity index (χ0) is 29.4. The molecule has 0 saturated heterocycles. The average molecular weight is 586 g/mol. The third-order valence-electron chi connectivity index (χ3n) is 3.18. The zero-order valence-electron chi connectivity index (χ0n) is 16.0. The van der Waals surface area contributed by atoms with Crippen LogP contribution in [0, 0.1) is 0 Å². The van der Waals surface area contributed by atoms with E-state index in [1.165, 1.54) is 9.47 Å². The molecule has 0 aliphatic rings. The Morgan fingerprint density at radius 2 is 0.556 bits per heavy atom. The Kier molecular flexibility index (Phi) is 9.96. The number of alkyl halides is 16. The molecule has 0 saturated carbocycles. The molecule has 0 aliphatic carbocycles. The highest BCUT2D eigenvalue weighted by molar-refractivity contribution is 4.81. The number of ether oxygens (including phenoxy) is 4. The van der Waals surface area contributed by atoms with Crippen molar-refractivity contribution in [2.24, 2.45) is 0 Å². The van der Waals surface area contributed by atoms with Gasteiger partial charge in [0.05, 0.1) is 13.2 Å². The van der Waals surface area contributed by atoms with E-state index < -0.39 is 74.3 Å². The van der Waals surface area contributed by atoms with Crippen LogP contribution in [0.1, 0.15) is 0 Å². The third kappa shape index (κ3) is 7.55. The monoisotopic (exact) mass is 586 g/mol. The number of hydrogen-bond donors (Lipinski definition) is 4. The molecule has 0 bridgehead atoms. The molecule has 0 fully saturated rings. The Balaban J connectivity index is 5.93. The molecule has 0 heterocycles. The molecule has 218 valence electrons. The van der Waals surface area contributed by atoms with Crippen molar-refractivity contribution in [2.45, 2.75) is 61.1 Å². The molecule has 0 aromatic heterocycles. The van der Waals surface area contributed by atoms with Gasteiger partial charge in [0.2, 0.25) is 0 Å². The van der Waals surface area contributed by atoms with E-state index in [4.69, 9.17) is 20.4 Å². The molecule has 0 aliphatic heterocycles. The maximum Gasteiger partial charge on any atom is 0.453 e. The summed E-state index contributed by atoms with van der Waals surface area (Å²) in [5.74, 6) is 0. The maximum absolute atomic E-state index is 13.2. The van der Waals surface area contributed by atoms with Crippen LogP contribution in [0.3, 0.4) is 0 Å². The number of halogens is 16. The van der Waals surface area contributed by atoms with Crippen LogP contribution >= 0.6 is 0 Å². The van der Waals surface area contributed by atoms with Crippen LogP contribution < -0.4 is 0 Å². The van der Waals surface area contributed by atoms with Crippen molar-refractivity contribution in [1.82, 2.24) is 0 Å². The van der Waals surface area contributed by atoms with E-state index in [0.29, 0.717) is 0 Å². The van der Waals surface area contributed by atoms with Crippen LogP contribution in [0.4, 0.5) is 70.2 Å². The lowest BCUT2D eigenvalue weighted by Gasteiger charge is -2.36. The second-order valence-corrected chi connectivity index (χ2v) is 6.03. The topological polar surface area (TPSA) is 118 Å². The highest BCUT2D eigenvalue weighted by atomic mass is 19.4. The van der Waals surface area contributed by atoms with Crippen molar-refractivity contribution < 1.29 is 110 Å². The molecule has 0 aromatic rings. The standard InChI is InChI=1S/C12H10F16O8/c13-5(14,3(31)1-29)33-7(17,18)9(21,22)35-11(25,26)12(27,28)36-10(23,24)8(19,20)34-6(15,16)4(32)2-30/h3-4,29-32H,1-2H2. The summed E-state index contributed by atoms with van der Waals surface area (Å²) in [5.41, 5.74) is 0. The van der Waals surface area contributed by atoms with Crippen LogP contribution in [0.2, 0.25) is 0 Å². The Bertz CT molecular complexity index is 672. The van der Waals surface area contributed by atoms with Gasteiger partial charge < -0.3 is 20.4 Å². The summed E-state index contributed by atoms with van der Waals surface area (Å²) in [6, 6.07) is 0. The predicted molar refractivity (Wildman–Crippen MR) is 70.1 cm³/mol. The van der Waals surface area contributed by atoms with Crippen LogP contribution in [-0.2, 0) is 18.9 Å². The summed E-state index contributed by atoms with van der Waals surface area (Å²) in [5, 5.41) is 33.1. The fourth-order valence-corrected chi connectivity index (χ4v) is 1.37. The molecule has 2 atom stereocenters. The van der Waals surface area contributed by atoms with Gasteiger partial charge in [0.1, 0.15) is 0 Å². The summed E-state index contributed by atoms with van der Waals surface area (Å²) >= 11 is 0. The molecular weight excluding hydrogens is 576 g/mol. The summed E-state index contributed by atoms with van der Waals surface area (Å²) < 4.78 is 217. The first-order valence-corrected chi connectivity index (χ1v) is 7.95. The van der Waals surface area contributed by atoms with Crippen molar-refractivity contribution in [2.75, 3.05) is 13.2 Å². The van der Waals surface area contributed by atoms with Crippen molar-refractivity contribution in [1.29, 1.82) is 0 Å². The Labute approximate surface area is 185 Å². The molecule has 0 amide bonds. The smallest absolute Gasteiger partial charge is 0.393 e. The van der Waals surface area contributed by atoms with Crippen LogP contribution in [0.25, 0.3) is 0 Å². The highest BCUT2D eigenvalue weighted by Gasteiger charge is 2.77. The van der Waals surface area contributed by atoms with E-state index in [0.717, 1.165) is 0 Å². The molecule has 0 aromatic carbocycles. The Hall–Kier alpha value is -1.44. The van der Waals surface area contributed by atoms with Crippen molar-refractivity contribution in [3.63, 3.8) is 0 Å². The van der Waals surface area contributed by atoms with Gasteiger partial charge in [0.15, 0.2) is 12.2 Å². The lowest BCUT2D eigenvalue weighted by molar-refractivity contribution is -0.579. The molecule has 0 radical (unpaired) electrons. The summed E-state index contributed by atoms with van der Waals surface area (Å²) in [6.07, 6.45) is -63.9. The zero-order valence-corrected chi connectivity index (χ0v) is 16.0. The molecule has 0 rings (SSSR count). The first kappa shape index (κ1) is 34.6. The lowest BCUT2D eigenvalue weighted by Crippen LogP contribution is -2.61. The molecule has 36 heavy (non-hydrogen) atoms. The summed E-state index contributed by atoms with van der Waals surface area (Å²) in [7, 11) is 0. The van der Waals surface area contributed by atoms with Crippen molar-refractivity contribution in [3.05, 3.63) is 0 Å². The minimum absolute atomic E-state index is 1.49. The molecule has 4 N–H and O–H groups in total. The van der Waals surface area contributed by atoms with Gasteiger partial charge in [-0.25, -0.2) is 18.9 Å². The molecular formula is C12H10F16O8. The summed E-state index contributed by atoms with van der Waals surface area (Å²) in [4.78, 5) is 0. The fourth-order valence-electron chi connectivity index (χ4n) is 1.37. The first-order chi connectivity index (χ1) is 15.5. The van der Waals surface area contributed by atoms with E-state index in [1.807, 2.05) is 9.47 Å². The van der Waals surface area contributed by atoms with E-state index >= 15 is 0 Å². The first-order valence-electron chi connectivity index (χ1n) is 7.95. The van der Waals surface area contributed by atoms with Gasteiger partial charge in [-0.1, -0.05) is 0 Å². The van der Waals surface area contributed by atoms with Gasteiger partial charge in [-0.3, -0.25) is 0 Å². The maximum atomic E-state index is 13.2. The van der Waals surface area contributed by atoms with E-state index in [2.05, 4.69) is 0 Å². The molecule has 8 nitrogen and oxygen atoms in total. The Morgan fingerprint density at radius 1 is 0.389 bits per heavy atom. The third-order valence-corrected chi connectivity index (χ3v) is 3.18. The molecule has 0 spiro atoms. The van der Waals surface area contributed by atoms with Crippen molar-refractivity contribution in [3.8, 4) is 0 Å². The fraction of sp³-hybridized carbons (Fsp3) is 1.00. The van der Waals surface area contributed by atoms with E-state index in [9.17, 15) is 70.2 Å². The molecule has 2 unspecified atom stereocenters. The summed E-state index contributed by atoms with van der Waals surface area (Å²) in [6.45, 7) is -4.42.